The molecule has 0 aromatic heterocycles. The Morgan fingerprint density at radius 2 is 1.93 bits per heavy atom. The van der Waals surface area contributed by atoms with E-state index in [0.717, 1.165) is 18.2 Å². The van der Waals surface area contributed by atoms with Gasteiger partial charge in [-0.05, 0) is 36.6 Å². The van der Waals surface area contributed by atoms with Crippen molar-refractivity contribution in [3.8, 4) is 5.75 Å². The van der Waals surface area contributed by atoms with Crippen LogP contribution in [0.5, 0.6) is 5.75 Å². The van der Waals surface area contributed by atoms with E-state index in [9.17, 15) is 22.4 Å². The second-order valence-corrected chi connectivity index (χ2v) is 6.48. The Hall–Kier alpha value is -2.61. The number of ether oxygens (including phenoxy) is 1. The van der Waals surface area contributed by atoms with Crippen LogP contribution in [0.2, 0.25) is 0 Å². The predicted molar refractivity (Wildman–Crippen MR) is 88.6 cm³/mol. The summed E-state index contributed by atoms with van der Waals surface area (Å²) in [4.78, 5) is 11.1. The number of carboxylic acids is 1. The van der Waals surface area contributed by atoms with Gasteiger partial charge in [0.05, 0.1) is 5.56 Å². The molecule has 0 spiro atoms. The van der Waals surface area contributed by atoms with Gasteiger partial charge in [-0.2, -0.15) is 13.2 Å². The average molecular weight is 383 g/mol. The third kappa shape index (κ3) is 4.57. The summed E-state index contributed by atoms with van der Waals surface area (Å²) in [5, 5.41) is 11.9. The lowest BCUT2D eigenvalue weighted by Crippen LogP contribution is -2.38. The highest BCUT2D eigenvalue weighted by Crippen LogP contribution is 2.36. The van der Waals surface area contributed by atoms with Gasteiger partial charge in [0.2, 0.25) is 0 Å². The molecule has 2 aromatic carbocycles. The molecule has 0 unspecified atom stereocenters. The highest BCUT2D eigenvalue weighted by Gasteiger charge is 2.49. The summed E-state index contributed by atoms with van der Waals surface area (Å²) in [6.07, 6.45) is -3.43. The molecule has 0 saturated heterocycles. The molecule has 0 atom stereocenters. The van der Waals surface area contributed by atoms with Crippen LogP contribution in [-0.2, 0) is 24.1 Å². The van der Waals surface area contributed by atoms with E-state index in [-0.39, 0.29) is 24.5 Å². The molecule has 0 bridgehead atoms. The normalized spacial score (nSPS) is 15.4. The maximum atomic E-state index is 14.2. The number of nitrogens with one attached hydrogen (secondary N) is 1. The first-order valence-electron chi connectivity index (χ1n) is 8.25. The summed E-state index contributed by atoms with van der Waals surface area (Å²) >= 11 is 0. The van der Waals surface area contributed by atoms with Crippen molar-refractivity contribution < 1.29 is 32.2 Å². The molecule has 0 amide bonds. The fraction of sp³-hybridized carbons (Fsp3) is 0.316. The van der Waals surface area contributed by atoms with Crippen molar-refractivity contribution in [2.45, 2.75) is 37.7 Å². The smallest absolute Gasteiger partial charge is 0.416 e. The number of hydrogen-bond donors (Lipinski definition) is 2. The van der Waals surface area contributed by atoms with Crippen LogP contribution in [0.1, 0.15) is 29.5 Å². The molecule has 0 heterocycles. The van der Waals surface area contributed by atoms with Gasteiger partial charge >= 0.3 is 12.1 Å². The van der Waals surface area contributed by atoms with Crippen molar-refractivity contribution in [1.82, 2.24) is 5.32 Å². The van der Waals surface area contributed by atoms with Gasteiger partial charge in [-0.25, -0.2) is 4.39 Å². The fourth-order valence-corrected chi connectivity index (χ4v) is 2.62. The van der Waals surface area contributed by atoms with Crippen molar-refractivity contribution in [1.29, 1.82) is 0 Å². The Morgan fingerprint density at radius 1 is 1.19 bits per heavy atom. The van der Waals surface area contributed by atoms with E-state index in [0.29, 0.717) is 18.4 Å². The summed E-state index contributed by atoms with van der Waals surface area (Å²) in [5.74, 6) is -1.36. The van der Waals surface area contributed by atoms with E-state index in [1.54, 1.807) is 0 Å². The molecule has 4 nitrogen and oxygen atoms in total. The molecule has 1 aliphatic carbocycles. The molecular weight excluding hydrogens is 366 g/mol. The minimum atomic E-state index is -4.44. The van der Waals surface area contributed by atoms with Crippen molar-refractivity contribution in [3.05, 3.63) is 65.0 Å². The summed E-state index contributed by atoms with van der Waals surface area (Å²) in [6, 6.07) is 8.81. The summed E-state index contributed by atoms with van der Waals surface area (Å²) in [5.41, 5.74) is -1.14. The third-order valence-corrected chi connectivity index (χ3v) is 4.46. The molecule has 144 valence electrons. The SMILES string of the molecule is O=C(O)C1(NCc2ccc(OCc3cccc(C(F)(F)F)c3)cc2F)CC1. The second kappa shape index (κ2) is 7.19. The molecule has 1 fully saturated rings. The first-order valence-corrected chi connectivity index (χ1v) is 8.25. The van der Waals surface area contributed by atoms with Gasteiger partial charge in [0.1, 0.15) is 23.7 Å². The first kappa shape index (κ1) is 19.2. The number of carboxylic acid groups (broad SMARTS) is 1. The molecule has 0 aliphatic heterocycles. The molecule has 3 rings (SSSR count). The zero-order valence-electron chi connectivity index (χ0n) is 14.1. The second-order valence-electron chi connectivity index (χ2n) is 6.48. The quantitative estimate of drug-likeness (QED) is 0.706. The Balaban J connectivity index is 1.60. The molecule has 2 aromatic rings. The number of halogens is 4. The van der Waals surface area contributed by atoms with Gasteiger partial charge < -0.3 is 9.84 Å². The topological polar surface area (TPSA) is 58.6 Å². The van der Waals surface area contributed by atoms with Crippen LogP contribution in [-0.4, -0.2) is 16.6 Å². The van der Waals surface area contributed by atoms with Gasteiger partial charge in [0.25, 0.3) is 0 Å². The van der Waals surface area contributed by atoms with E-state index >= 15 is 0 Å². The lowest BCUT2D eigenvalue weighted by molar-refractivity contribution is -0.141. The van der Waals surface area contributed by atoms with Crippen molar-refractivity contribution in [2.24, 2.45) is 0 Å². The number of hydrogen-bond acceptors (Lipinski definition) is 3. The molecule has 27 heavy (non-hydrogen) atoms. The molecule has 1 saturated carbocycles. The Morgan fingerprint density at radius 3 is 2.52 bits per heavy atom. The zero-order chi connectivity index (χ0) is 19.7. The van der Waals surface area contributed by atoms with Crippen LogP contribution < -0.4 is 10.1 Å². The summed E-state index contributed by atoms with van der Waals surface area (Å²) in [7, 11) is 0. The minimum Gasteiger partial charge on any atom is -0.489 e. The maximum absolute atomic E-state index is 14.2. The van der Waals surface area contributed by atoms with Crippen LogP contribution in [0, 0.1) is 5.82 Å². The van der Waals surface area contributed by atoms with E-state index in [4.69, 9.17) is 9.84 Å². The van der Waals surface area contributed by atoms with Gasteiger partial charge in [0.15, 0.2) is 0 Å². The van der Waals surface area contributed by atoms with Gasteiger partial charge in [0, 0.05) is 18.2 Å². The number of rotatable bonds is 7. The summed E-state index contributed by atoms with van der Waals surface area (Å²) < 4.78 is 57.7. The molecule has 0 radical (unpaired) electrons. The monoisotopic (exact) mass is 383 g/mol. The minimum absolute atomic E-state index is 0.0615. The van der Waals surface area contributed by atoms with E-state index in [1.807, 2.05) is 0 Å². The Bertz CT molecular complexity index is 847. The summed E-state index contributed by atoms with van der Waals surface area (Å²) in [6.45, 7) is -0.0743. The van der Waals surface area contributed by atoms with Gasteiger partial charge in [-0.3, -0.25) is 10.1 Å². The molecule has 1 aliphatic rings. The van der Waals surface area contributed by atoms with E-state index in [1.165, 1.54) is 24.3 Å². The number of benzene rings is 2. The van der Waals surface area contributed by atoms with Crippen LogP contribution in [0.4, 0.5) is 17.6 Å². The largest absolute Gasteiger partial charge is 0.489 e. The maximum Gasteiger partial charge on any atom is 0.416 e. The number of aliphatic carboxylic acids is 1. The lowest BCUT2D eigenvalue weighted by Gasteiger charge is -2.14. The van der Waals surface area contributed by atoms with Crippen LogP contribution >= 0.6 is 0 Å². The zero-order valence-corrected chi connectivity index (χ0v) is 14.1. The standard InChI is InChI=1S/C19H17F4NO3/c20-16-9-15(5-4-13(16)10-24-18(6-7-18)17(25)26)27-11-12-2-1-3-14(8-12)19(21,22)23/h1-5,8-9,24H,6-7,10-11H2,(H,25,26). The third-order valence-electron chi connectivity index (χ3n) is 4.46. The van der Waals surface area contributed by atoms with Crippen LogP contribution in [0.15, 0.2) is 42.5 Å². The highest BCUT2D eigenvalue weighted by molar-refractivity contribution is 5.82. The Labute approximate surface area is 152 Å². The fourth-order valence-electron chi connectivity index (χ4n) is 2.62. The van der Waals surface area contributed by atoms with Gasteiger partial charge in [-0.1, -0.05) is 18.2 Å². The number of carbonyl (C=O) groups is 1. The molecule has 8 heteroatoms. The van der Waals surface area contributed by atoms with Crippen molar-refractivity contribution >= 4 is 5.97 Å². The van der Waals surface area contributed by atoms with Crippen LogP contribution in [0.25, 0.3) is 0 Å². The molecular formula is C19H17F4NO3. The Kier molecular flexibility index (Phi) is 5.10. The van der Waals surface area contributed by atoms with Gasteiger partial charge in [-0.15, -0.1) is 0 Å². The predicted octanol–water partition coefficient (Wildman–Crippen LogP) is 4.13. The highest BCUT2D eigenvalue weighted by atomic mass is 19.4. The van der Waals surface area contributed by atoms with Crippen molar-refractivity contribution in [2.75, 3.05) is 0 Å². The lowest BCUT2D eigenvalue weighted by atomic mass is 10.1. The number of alkyl halides is 3. The van der Waals surface area contributed by atoms with E-state index < -0.39 is 29.1 Å². The molecule has 2 N–H and O–H groups in total. The van der Waals surface area contributed by atoms with E-state index in [2.05, 4.69) is 5.32 Å². The average Bonchev–Trinajstić information content (AvgIpc) is 3.40. The first-order chi connectivity index (χ1) is 12.7. The van der Waals surface area contributed by atoms with Crippen LogP contribution in [0.3, 0.4) is 0 Å². The van der Waals surface area contributed by atoms with Crippen molar-refractivity contribution in [3.63, 3.8) is 0 Å².